The fourth-order valence-electron chi connectivity index (χ4n) is 1.28. The van der Waals surface area contributed by atoms with Gasteiger partial charge in [0.05, 0.1) is 4.90 Å². The van der Waals surface area contributed by atoms with Crippen LogP contribution in [0, 0.1) is 10.5 Å². The third-order valence-electron chi connectivity index (χ3n) is 2.25. The molecule has 0 heterocycles. The van der Waals surface area contributed by atoms with Crippen molar-refractivity contribution in [2.75, 3.05) is 0 Å². The lowest BCUT2D eigenvalue weighted by atomic mass is 10.2. The van der Waals surface area contributed by atoms with E-state index < -0.39 is 10.1 Å². The summed E-state index contributed by atoms with van der Waals surface area (Å²) in [5, 5.41) is 0. The molecule has 0 aliphatic rings. The molecular formula is C15H15IO3S. The molecule has 0 N–H and O–H groups in total. The van der Waals surface area contributed by atoms with Crippen LogP contribution in [0.3, 0.4) is 0 Å². The third kappa shape index (κ3) is 6.31. The number of halogens is 1. The lowest BCUT2D eigenvalue weighted by Crippen LogP contribution is -3.58. The van der Waals surface area contributed by atoms with E-state index in [2.05, 4.69) is 30.8 Å². The van der Waals surface area contributed by atoms with Gasteiger partial charge in [0.15, 0.2) is 7.65 Å². The van der Waals surface area contributed by atoms with E-state index in [4.69, 9.17) is 0 Å². The minimum Gasteiger partial charge on any atom is -0.744 e. The van der Waals surface area contributed by atoms with Gasteiger partial charge in [-0.25, -0.2) is 8.42 Å². The molecule has 0 bridgehead atoms. The zero-order chi connectivity index (χ0) is 15.0. The molecule has 106 valence electrons. The first-order chi connectivity index (χ1) is 9.43. The summed E-state index contributed by atoms with van der Waals surface area (Å²) in [6.07, 6.45) is 0. The van der Waals surface area contributed by atoms with Gasteiger partial charge in [0.1, 0.15) is 10.1 Å². The van der Waals surface area contributed by atoms with Gasteiger partial charge in [-0.2, -0.15) is 0 Å². The number of benzene rings is 2. The van der Waals surface area contributed by atoms with Crippen LogP contribution in [0.5, 0.6) is 0 Å². The first kappa shape index (κ1) is 16.9. The molecule has 0 spiro atoms. The third-order valence-corrected chi connectivity index (χ3v) is 4.97. The van der Waals surface area contributed by atoms with Crippen molar-refractivity contribution in [1.82, 2.24) is 0 Å². The maximum Gasteiger partial charge on any atom is 0.348 e. The predicted molar refractivity (Wildman–Crippen MR) is 74.5 cm³/mol. The summed E-state index contributed by atoms with van der Waals surface area (Å²) in [7, 11) is -4.27. The minimum absolute atomic E-state index is 0.0938. The molecule has 0 saturated heterocycles. The van der Waals surface area contributed by atoms with E-state index >= 15 is 0 Å². The highest BCUT2D eigenvalue weighted by molar-refractivity contribution is 7.85. The van der Waals surface area contributed by atoms with Crippen LogP contribution >= 0.6 is 0 Å². The van der Waals surface area contributed by atoms with Crippen LogP contribution in [-0.4, -0.2) is 13.0 Å². The van der Waals surface area contributed by atoms with Crippen LogP contribution in [0.2, 0.25) is 0 Å². The SMILES string of the molecule is C=C[I+]c1ccccc1.Cc1ccc(S(=O)(=O)[O-])cc1. The first-order valence-electron chi connectivity index (χ1n) is 5.75. The van der Waals surface area contributed by atoms with Gasteiger partial charge in [0, 0.05) is 0 Å². The van der Waals surface area contributed by atoms with Crippen molar-refractivity contribution in [2.45, 2.75) is 11.8 Å². The quantitative estimate of drug-likeness (QED) is 0.536. The zero-order valence-electron chi connectivity index (χ0n) is 11.0. The molecule has 2 rings (SSSR count). The molecule has 5 heteroatoms. The summed E-state index contributed by atoms with van der Waals surface area (Å²) in [4.78, 5) is -0.178. The van der Waals surface area contributed by atoms with Gasteiger partial charge in [0.25, 0.3) is 0 Å². The Kier molecular flexibility index (Phi) is 6.90. The van der Waals surface area contributed by atoms with E-state index in [-0.39, 0.29) is 26.1 Å². The topological polar surface area (TPSA) is 57.2 Å². The van der Waals surface area contributed by atoms with E-state index in [1.54, 1.807) is 12.1 Å². The summed E-state index contributed by atoms with van der Waals surface area (Å²) in [6, 6.07) is 16.3. The number of hydrogen-bond acceptors (Lipinski definition) is 3. The summed E-state index contributed by atoms with van der Waals surface area (Å²) in [6.45, 7) is 5.53. The first-order valence-corrected chi connectivity index (χ1v) is 9.48. The molecule has 0 aromatic heterocycles. The fraction of sp³-hybridized carbons (Fsp3) is 0.0667. The molecule has 2 aromatic carbocycles. The average molecular weight is 402 g/mol. The van der Waals surface area contributed by atoms with Crippen LogP contribution in [0.4, 0.5) is 0 Å². The van der Waals surface area contributed by atoms with Gasteiger partial charge in [-0.15, -0.1) is 0 Å². The Balaban J connectivity index is 0.000000204. The normalized spacial score (nSPS) is 10.3. The van der Waals surface area contributed by atoms with Crippen molar-refractivity contribution in [2.24, 2.45) is 0 Å². The van der Waals surface area contributed by atoms with E-state index in [1.165, 1.54) is 15.7 Å². The molecule has 0 saturated carbocycles. The zero-order valence-corrected chi connectivity index (χ0v) is 14.0. The number of rotatable bonds is 3. The molecule has 0 aliphatic carbocycles. The summed E-state index contributed by atoms with van der Waals surface area (Å²) >= 11 is 0.0938. The van der Waals surface area contributed by atoms with Crippen molar-refractivity contribution < 1.29 is 34.2 Å². The average Bonchev–Trinajstić information content (AvgIpc) is 2.40. The lowest BCUT2D eigenvalue weighted by molar-refractivity contribution is -0.556. The van der Waals surface area contributed by atoms with Crippen molar-refractivity contribution in [3.05, 3.63) is 74.4 Å². The highest BCUT2D eigenvalue weighted by Gasteiger charge is 2.02. The Morgan fingerprint density at radius 2 is 1.60 bits per heavy atom. The summed E-state index contributed by atoms with van der Waals surface area (Å²) in [5.41, 5.74) is 0.928. The standard InChI is InChI=1S/C8H8I.C7H8O3S/c1-2-9-8-6-4-3-5-7-8;1-6-2-4-7(5-3-6)11(8,9)10/h2-7H,1H2;2-5H,1H3,(H,8,9,10)/q+1;/p-1. The maximum absolute atomic E-state index is 10.4. The molecular weight excluding hydrogens is 387 g/mol. The highest BCUT2D eigenvalue weighted by Crippen LogP contribution is 2.08. The predicted octanol–water partition coefficient (Wildman–Crippen LogP) is -0.0122. The van der Waals surface area contributed by atoms with Crippen molar-refractivity contribution in [1.29, 1.82) is 0 Å². The fourth-order valence-corrected chi connectivity index (χ4v) is 3.09. The summed E-state index contributed by atoms with van der Waals surface area (Å²) < 4.78 is 34.6. The molecule has 0 unspecified atom stereocenters. The van der Waals surface area contributed by atoms with Crippen LogP contribution in [0.15, 0.2) is 70.2 Å². The Labute approximate surface area is 130 Å². The van der Waals surface area contributed by atoms with E-state index in [9.17, 15) is 13.0 Å². The second kappa shape index (κ2) is 8.18. The minimum atomic E-state index is -4.27. The Bertz CT molecular complexity index is 635. The monoisotopic (exact) mass is 402 g/mol. The molecule has 2 aromatic rings. The lowest BCUT2D eigenvalue weighted by Gasteiger charge is -2.05. The smallest absolute Gasteiger partial charge is 0.348 e. The maximum atomic E-state index is 10.4. The second-order valence-corrected chi connectivity index (χ2v) is 7.96. The van der Waals surface area contributed by atoms with E-state index in [1.807, 2.05) is 17.1 Å². The van der Waals surface area contributed by atoms with Gasteiger partial charge >= 0.3 is 21.2 Å². The van der Waals surface area contributed by atoms with Crippen LogP contribution in [0.25, 0.3) is 0 Å². The molecule has 0 atom stereocenters. The van der Waals surface area contributed by atoms with Gasteiger partial charge < -0.3 is 4.55 Å². The largest absolute Gasteiger partial charge is 0.744 e. The van der Waals surface area contributed by atoms with Gasteiger partial charge in [-0.05, 0) is 31.2 Å². The van der Waals surface area contributed by atoms with Crippen LogP contribution in [0.1, 0.15) is 5.56 Å². The summed E-state index contributed by atoms with van der Waals surface area (Å²) in [5.74, 6) is 0. The van der Waals surface area contributed by atoms with Gasteiger partial charge in [-0.3, -0.25) is 0 Å². The van der Waals surface area contributed by atoms with Crippen LogP contribution < -0.4 is 21.2 Å². The highest BCUT2D eigenvalue weighted by atomic mass is 127. The molecule has 20 heavy (non-hydrogen) atoms. The Hall–Kier alpha value is -1.18. The van der Waals surface area contributed by atoms with Gasteiger partial charge in [0.2, 0.25) is 0 Å². The van der Waals surface area contributed by atoms with Crippen LogP contribution in [-0.2, 0) is 10.1 Å². The Morgan fingerprint density at radius 1 is 1.05 bits per heavy atom. The molecule has 0 fully saturated rings. The Morgan fingerprint density at radius 3 is 2.05 bits per heavy atom. The second-order valence-electron chi connectivity index (χ2n) is 3.83. The van der Waals surface area contributed by atoms with Crippen molar-refractivity contribution in [3.8, 4) is 0 Å². The molecule has 3 nitrogen and oxygen atoms in total. The number of aryl methyl sites for hydroxylation is 1. The molecule has 0 radical (unpaired) electrons. The van der Waals surface area contributed by atoms with Gasteiger partial charge in [-0.1, -0.05) is 42.5 Å². The van der Waals surface area contributed by atoms with Crippen molar-refractivity contribution >= 4 is 10.1 Å². The van der Waals surface area contributed by atoms with E-state index in [0.717, 1.165) is 5.56 Å². The number of hydrogen-bond donors (Lipinski definition) is 0. The molecule has 0 amide bonds. The van der Waals surface area contributed by atoms with E-state index in [0.29, 0.717) is 0 Å². The molecule has 0 aliphatic heterocycles. The van der Waals surface area contributed by atoms with Crippen molar-refractivity contribution in [3.63, 3.8) is 0 Å².